The van der Waals surface area contributed by atoms with Gasteiger partial charge in [0.2, 0.25) is 5.88 Å². The molecule has 2 heterocycles. The molecule has 0 spiro atoms. The standard InChI is InChI=1S/C21H19N3O4S/c1-3-27-17-11-7-5-9-14(17)18-15(12-22)21(23)28-19-13-8-4-6-10-16(13)24(2)29(25,26)20(18)19/h4-11,18H,3,23H2,1-2H3/t18-/m0/s1. The minimum absolute atomic E-state index is 0.0170. The molecule has 0 saturated carbocycles. The maximum atomic E-state index is 13.5. The summed E-state index contributed by atoms with van der Waals surface area (Å²) in [7, 11) is -2.50. The van der Waals surface area contributed by atoms with Crippen molar-refractivity contribution in [3.8, 4) is 11.8 Å². The number of hydrogen-bond acceptors (Lipinski definition) is 6. The van der Waals surface area contributed by atoms with Crippen molar-refractivity contribution in [1.82, 2.24) is 0 Å². The number of rotatable bonds is 3. The molecule has 29 heavy (non-hydrogen) atoms. The number of para-hydroxylation sites is 2. The molecule has 2 aromatic carbocycles. The van der Waals surface area contributed by atoms with Gasteiger partial charge < -0.3 is 15.2 Å². The second-order valence-electron chi connectivity index (χ2n) is 6.58. The zero-order chi connectivity index (χ0) is 20.8. The SMILES string of the molecule is CCOc1ccccc1[C@H]1C(C#N)=C(N)OC2=C1S(=O)(=O)N(C)c1ccccc12. The average molecular weight is 409 g/mol. The minimum Gasteiger partial charge on any atom is -0.494 e. The highest BCUT2D eigenvalue weighted by Crippen LogP contribution is 2.51. The number of ether oxygens (including phenoxy) is 2. The molecule has 148 valence electrons. The highest BCUT2D eigenvalue weighted by Gasteiger charge is 2.46. The predicted octanol–water partition coefficient (Wildman–Crippen LogP) is 3.04. The van der Waals surface area contributed by atoms with E-state index in [9.17, 15) is 13.7 Å². The van der Waals surface area contributed by atoms with Gasteiger partial charge in [-0.1, -0.05) is 30.3 Å². The second kappa shape index (κ2) is 6.87. The molecule has 2 aromatic rings. The Morgan fingerprint density at radius 2 is 1.90 bits per heavy atom. The summed E-state index contributed by atoms with van der Waals surface area (Å²) in [4.78, 5) is -0.0170. The van der Waals surface area contributed by atoms with E-state index in [1.54, 1.807) is 48.5 Å². The van der Waals surface area contributed by atoms with Gasteiger partial charge in [-0.2, -0.15) is 5.26 Å². The molecule has 2 aliphatic rings. The van der Waals surface area contributed by atoms with E-state index in [4.69, 9.17) is 15.2 Å². The Morgan fingerprint density at radius 3 is 2.62 bits per heavy atom. The van der Waals surface area contributed by atoms with Crippen LogP contribution in [0.15, 0.2) is 64.9 Å². The molecule has 0 unspecified atom stereocenters. The first-order chi connectivity index (χ1) is 13.9. The number of anilines is 1. The summed E-state index contributed by atoms with van der Waals surface area (Å²) < 4.78 is 39.7. The van der Waals surface area contributed by atoms with E-state index in [0.29, 0.717) is 29.2 Å². The lowest BCUT2D eigenvalue weighted by molar-refractivity contribution is 0.333. The highest BCUT2D eigenvalue weighted by atomic mass is 32.2. The molecule has 0 saturated heterocycles. The molecule has 4 rings (SSSR count). The van der Waals surface area contributed by atoms with Crippen LogP contribution in [0, 0.1) is 11.3 Å². The van der Waals surface area contributed by atoms with E-state index in [0.717, 1.165) is 0 Å². The van der Waals surface area contributed by atoms with E-state index >= 15 is 0 Å². The summed E-state index contributed by atoms with van der Waals surface area (Å²) in [5.74, 6) is -0.415. The number of nitriles is 1. The number of nitrogens with zero attached hydrogens (tertiary/aromatic N) is 2. The normalized spacial score (nSPS) is 19.8. The van der Waals surface area contributed by atoms with Gasteiger partial charge in [-0.15, -0.1) is 0 Å². The van der Waals surface area contributed by atoms with Gasteiger partial charge >= 0.3 is 0 Å². The van der Waals surface area contributed by atoms with Crippen LogP contribution in [0.5, 0.6) is 5.75 Å². The maximum absolute atomic E-state index is 13.5. The lowest BCUT2D eigenvalue weighted by Crippen LogP contribution is -2.37. The number of sulfonamides is 1. The lowest BCUT2D eigenvalue weighted by atomic mass is 9.87. The number of allylic oxidation sites excluding steroid dienone is 2. The summed E-state index contributed by atoms with van der Waals surface area (Å²) >= 11 is 0. The van der Waals surface area contributed by atoms with E-state index in [2.05, 4.69) is 0 Å². The first-order valence-corrected chi connectivity index (χ1v) is 10.5. The fourth-order valence-electron chi connectivity index (χ4n) is 3.71. The van der Waals surface area contributed by atoms with Crippen LogP contribution in [0.25, 0.3) is 5.76 Å². The van der Waals surface area contributed by atoms with Crippen LogP contribution in [0.2, 0.25) is 0 Å². The van der Waals surface area contributed by atoms with Gasteiger partial charge in [0.1, 0.15) is 22.3 Å². The van der Waals surface area contributed by atoms with Crippen molar-refractivity contribution in [2.45, 2.75) is 12.8 Å². The molecule has 0 fully saturated rings. The first kappa shape index (κ1) is 18.9. The Balaban J connectivity index is 2.07. The quantitative estimate of drug-likeness (QED) is 0.835. The van der Waals surface area contributed by atoms with Crippen LogP contribution in [-0.2, 0) is 14.8 Å². The Hall–Kier alpha value is -3.44. The fourth-order valence-corrected chi connectivity index (χ4v) is 5.35. The summed E-state index contributed by atoms with van der Waals surface area (Å²) in [6.07, 6.45) is 0. The third kappa shape index (κ3) is 2.74. The summed E-state index contributed by atoms with van der Waals surface area (Å²) in [6.45, 7) is 2.23. The van der Waals surface area contributed by atoms with E-state index < -0.39 is 15.9 Å². The molecule has 0 radical (unpaired) electrons. The van der Waals surface area contributed by atoms with Gasteiger partial charge in [0.15, 0.2) is 5.76 Å². The molecule has 0 aliphatic carbocycles. The molecule has 2 aliphatic heterocycles. The van der Waals surface area contributed by atoms with Crippen molar-refractivity contribution in [2.75, 3.05) is 18.0 Å². The van der Waals surface area contributed by atoms with Crippen molar-refractivity contribution >= 4 is 21.5 Å². The third-order valence-electron chi connectivity index (χ3n) is 5.03. The highest BCUT2D eigenvalue weighted by molar-refractivity contribution is 7.96. The monoisotopic (exact) mass is 409 g/mol. The first-order valence-electron chi connectivity index (χ1n) is 9.03. The third-order valence-corrected chi connectivity index (χ3v) is 6.92. The molecular formula is C21H19N3O4S. The number of hydrogen-bond donors (Lipinski definition) is 1. The molecule has 1 atom stereocenters. The van der Waals surface area contributed by atoms with Crippen LogP contribution in [-0.4, -0.2) is 22.1 Å². The smallest absolute Gasteiger partial charge is 0.264 e. The predicted molar refractivity (Wildman–Crippen MR) is 109 cm³/mol. The Bertz CT molecular complexity index is 1210. The largest absolute Gasteiger partial charge is 0.494 e. The summed E-state index contributed by atoms with van der Waals surface area (Å²) in [5, 5.41) is 9.80. The van der Waals surface area contributed by atoms with E-state index in [1.807, 2.05) is 13.0 Å². The van der Waals surface area contributed by atoms with Gasteiger partial charge in [-0.25, -0.2) is 8.42 Å². The molecular weight excluding hydrogens is 390 g/mol. The second-order valence-corrected chi connectivity index (χ2v) is 8.52. The van der Waals surface area contributed by atoms with Gasteiger partial charge in [0.25, 0.3) is 10.0 Å². The van der Waals surface area contributed by atoms with Crippen LogP contribution in [0.4, 0.5) is 5.69 Å². The van der Waals surface area contributed by atoms with Gasteiger partial charge in [-0.05, 0) is 25.1 Å². The molecule has 0 amide bonds. The molecule has 7 nitrogen and oxygen atoms in total. The molecule has 0 aromatic heterocycles. The summed E-state index contributed by atoms with van der Waals surface area (Å²) in [6, 6.07) is 16.1. The van der Waals surface area contributed by atoms with Crippen LogP contribution in [0.1, 0.15) is 24.0 Å². The molecule has 0 bridgehead atoms. The Morgan fingerprint density at radius 1 is 1.21 bits per heavy atom. The Kier molecular flexibility index (Phi) is 4.47. The number of fused-ring (bicyclic) bond motifs is 2. The van der Waals surface area contributed by atoms with E-state index in [1.165, 1.54) is 11.4 Å². The zero-order valence-corrected chi connectivity index (χ0v) is 16.7. The Labute approximate surface area is 169 Å². The summed E-state index contributed by atoms with van der Waals surface area (Å²) in [5.41, 5.74) is 7.74. The fraction of sp³-hybridized carbons (Fsp3) is 0.190. The van der Waals surface area contributed by atoms with Crippen LogP contribution in [0.3, 0.4) is 0 Å². The topological polar surface area (TPSA) is 106 Å². The number of nitrogens with two attached hydrogens (primary N) is 1. The zero-order valence-electron chi connectivity index (χ0n) is 15.9. The maximum Gasteiger partial charge on any atom is 0.264 e. The minimum atomic E-state index is -3.98. The molecule has 8 heteroatoms. The van der Waals surface area contributed by atoms with Crippen molar-refractivity contribution in [2.24, 2.45) is 5.73 Å². The lowest BCUT2D eigenvalue weighted by Gasteiger charge is -2.36. The van der Waals surface area contributed by atoms with Gasteiger partial charge in [-0.3, -0.25) is 4.31 Å². The van der Waals surface area contributed by atoms with Crippen LogP contribution < -0.4 is 14.8 Å². The van der Waals surface area contributed by atoms with Gasteiger partial charge in [0.05, 0.1) is 18.2 Å². The van der Waals surface area contributed by atoms with Crippen molar-refractivity contribution in [1.29, 1.82) is 5.26 Å². The molecule has 2 N–H and O–H groups in total. The van der Waals surface area contributed by atoms with Crippen molar-refractivity contribution in [3.05, 3.63) is 76.0 Å². The number of benzene rings is 2. The van der Waals surface area contributed by atoms with Gasteiger partial charge in [0, 0.05) is 18.2 Å². The van der Waals surface area contributed by atoms with Crippen molar-refractivity contribution < 1.29 is 17.9 Å². The van der Waals surface area contributed by atoms with Crippen molar-refractivity contribution in [3.63, 3.8) is 0 Å². The average Bonchev–Trinajstić information content (AvgIpc) is 2.72. The van der Waals surface area contributed by atoms with E-state index in [-0.39, 0.29) is 22.1 Å². The van der Waals surface area contributed by atoms with Crippen LogP contribution >= 0.6 is 0 Å².